The molecule has 0 unspecified atom stereocenters. The van der Waals surface area contributed by atoms with Gasteiger partial charge < -0.3 is 10.2 Å². The number of benzene rings is 1. The minimum Gasteiger partial charge on any atom is -0.367 e. The Hall–Kier alpha value is -2.43. The minimum absolute atomic E-state index is 0.0531. The van der Waals surface area contributed by atoms with Gasteiger partial charge in [-0.1, -0.05) is 56.0 Å². The average molecular weight is 352 g/mol. The minimum atomic E-state index is -0.0531. The molecule has 5 heteroatoms. The van der Waals surface area contributed by atoms with Gasteiger partial charge in [0.05, 0.1) is 0 Å². The topological polar surface area (TPSA) is 58.1 Å². The van der Waals surface area contributed by atoms with Crippen LogP contribution >= 0.6 is 0 Å². The largest absolute Gasteiger partial charge is 0.367 e. The van der Waals surface area contributed by atoms with Gasteiger partial charge in [-0.25, -0.2) is 9.97 Å². The van der Waals surface area contributed by atoms with Crippen LogP contribution < -0.4 is 5.32 Å². The molecule has 1 aliphatic carbocycles. The van der Waals surface area contributed by atoms with E-state index in [-0.39, 0.29) is 5.91 Å². The summed E-state index contributed by atoms with van der Waals surface area (Å²) in [6, 6.07) is 12.3. The molecule has 1 amide bonds. The quantitative estimate of drug-likeness (QED) is 0.789. The van der Waals surface area contributed by atoms with Crippen molar-refractivity contribution in [3.05, 3.63) is 54.0 Å². The summed E-state index contributed by atoms with van der Waals surface area (Å²) in [6.45, 7) is 3.22. The maximum atomic E-state index is 12.9. The number of rotatable bonds is 6. The Morgan fingerprint density at radius 2 is 1.85 bits per heavy atom. The summed E-state index contributed by atoms with van der Waals surface area (Å²) >= 11 is 0. The monoisotopic (exact) mass is 352 g/mol. The summed E-state index contributed by atoms with van der Waals surface area (Å²) in [6.07, 6.45) is 8.98. The fourth-order valence-corrected chi connectivity index (χ4v) is 3.48. The molecule has 5 nitrogen and oxygen atoms in total. The van der Waals surface area contributed by atoms with Crippen molar-refractivity contribution in [3.8, 4) is 0 Å². The van der Waals surface area contributed by atoms with Gasteiger partial charge in [-0.2, -0.15) is 0 Å². The number of amides is 1. The lowest BCUT2D eigenvalue weighted by atomic mass is 10.1. The van der Waals surface area contributed by atoms with Crippen LogP contribution in [0.25, 0.3) is 0 Å². The highest BCUT2D eigenvalue weighted by Crippen LogP contribution is 2.20. The summed E-state index contributed by atoms with van der Waals surface area (Å²) in [5, 5.41) is 3.50. The van der Waals surface area contributed by atoms with Crippen molar-refractivity contribution in [2.45, 2.75) is 58.0 Å². The lowest BCUT2D eigenvalue weighted by Crippen LogP contribution is -2.31. The second-order valence-electron chi connectivity index (χ2n) is 6.93. The van der Waals surface area contributed by atoms with Crippen molar-refractivity contribution < 1.29 is 4.79 Å². The van der Waals surface area contributed by atoms with Crippen molar-refractivity contribution in [1.82, 2.24) is 14.9 Å². The molecular weight excluding hydrogens is 324 g/mol. The van der Waals surface area contributed by atoms with E-state index in [0.29, 0.717) is 24.8 Å². The van der Waals surface area contributed by atoms with Crippen LogP contribution in [-0.4, -0.2) is 33.4 Å². The Labute approximate surface area is 155 Å². The first kappa shape index (κ1) is 18.4. The van der Waals surface area contributed by atoms with Gasteiger partial charge in [-0.3, -0.25) is 4.79 Å². The molecule has 1 saturated carbocycles. The standard InChI is InChI=1S/C21H28N4O/c1-2-25(15-17-10-6-5-7-11-17)21(26)19-14-20(23-16-22-19)24-18-12-8-3-4-9-13-18/h5-7,10-11,14,16,18H,2-4,8-9,12-13,15H2,1H3,(H,22,23,24). The fraction of sp³-hybridized carbons (Fsp3) is 0.476. The SMILES string of the molecule is CCN(Cc1ccccc1)C(=O)c1cc(NC2CCCCCC2)ncn1. The van der Waals surface area contributed by atoms with E-state index in [1.165, 1.54) is 44.9 Å². The third kappa shape index (κ3) is 5.04. The zero-order valence-corrected chi connectivity index (χ0v) is 15.5. The van der Waals surface area contributed by atoms with Gasteiger partial charge in [-0.15, -0.1) is 0 Å². The van der Waals surface area contributed by atoms with E-state index in [4.69, 9.17) is 0 Å². The zero-order chi connectivity index (χ0) is 18.2. The molecule has 2 aromatic rings. The molecule has 0 spiro atoms. The third-order valence-electron chi connectivity index (χ3n) is 4.98. The molecule has 3 rings (SSSR count). The molecule has 1 aromatic carbocycles. The van der Waals surface area contributed by atoms with E-state index < -0.39 is 0 Å². The van der Waals surface area contributed by atoms with Crippen LogP contribution in [0.15, 0.2) is 42.7 Å². The van der Waals surface area contributed by atoms with Crippen LogP contribution in [0.5, 0.6) is 0 Å². The molecule has 1 aromatic heterocycles. The molecule has 0 radical (unpaired) electrons. The maximum Gasteiger partial charge on any atom is 0.272 e. The van der Waals surface area contributed by atoms with Crippen LogP contribution in [0.3, 0.4) is 0 Å². The number of carbonyl (C=O) groups excluding carboxylic acids is 1. The predicted octanol–water partition coefficient (Wildman–Crippen LogP) is 4.27. The van der Waals surface area contributed by atoms with Crippen molar-refractivity contribution in [2.24, 2.45) is 0 Å². The van der Waals surface area contributed by atoms with Gasteiger partial charge in [-0.05, 0) is 25.3 Å². The van der Waals surface area contributed by atoms with Crippen molar-refractivity contribution in [1.29, 1.82) is 0 Å². The number of carbonyl (C=O) groups is 1. The van der Waals surface area contributed by atoms with Gasteiger partial charge in [0.1, 0.15) is 17.8 Å². The first-order chi connectivity index (χ1) is 12.8. The Balaban J connectivity index is 1.68. The van der Waals surface area contributed by atoms with Gasteiger partial charge in [0.2, 0.25) is 0 Å². The van der Waals surface area contributed by atoms with Crippen LogP contribution in [0.2, 0.25) is 0 Å². The molecule has 1 N–H and O–H groups in total. The second kappa shape index (κ2) is 9.32. The number of aromatic nitrogens is 2. The Morgan fingerprint density at radius 3 is 2.54 bits per heavy atom. The normalized spacial score (nSPS) is 15.3. The van der Waals surface area contributed by atoms with Crippen LogP contribution in [0.4, 0.5) is 5.82 Å². The maximum absolute atomic E-state index is 12.9. The van der Waals surface area contributed by atoms with Crippen LogP contribution in [0, 0.1) is 0 Å². The summed E-state index contributed by atoms with van der Waals surface area (Å²) in [5.41, 5.74) is 1.57. The van der Waals surface area contributed by atoms with E-state index in [1.807, 2.05) is 42.2 Å². The molecule has 1 fully saturated rings. The third-order valence-corrected chi connectivity index (χ3v) is 4.98. The van der Waals surface area contributed by atoms with E-state index in [9.17, 15) is 4.79 Å². The number of hydrogen-bond acceptors (Lipinski definition) is 4. The summed E-state index contributed by atoms with van der Waals surface area (Å²) < 4.78 is 0. The van der Waals surface area contributed by atoms with Gasteiger partial charge in [0.25, 0.3) is 5.91 Å². The molecule has 0 aliphatic heterocycles. The van der Waals surface area contributed by atoms with Crippen molar-refractivity contribution in [3.63, 3.8) is 0 Å². The van der Waals surface area contributed by atoms with Gasteiger partial charge in [0.15, 0.2) is 0 Å². The van der Waals surface area contributed by atoms with Crippen molar-refractivity contribution in [2.75, 3.05) is 11.9 Å². The van der Waals surface area contributed by atoms with E-state index >= 15 is 0 Å². The fourth-order valence-electron chi connectivity index (χ4n) is 3.48. The van der Waals surface area contributed by atoms with Crippen LogP contribution in [-0.2, 0) is 6.54 Å². The summed E-state index contributed by atoms with van der Waals surface area (Å²) in [4.78, 5) is 23.2. The first-order valence-electron chi connectivity index (χ1n) is 9.68. The first-order valence-corrected chi connectivity index (χ1v) is 9.68. The van der Waals surface area contributed by atoms with E-state index in [2.05, 4.69) is 15.3 Å². The number of nitrogens with zero attached hydrogens (tertiary/aromatic N) is 3. The van der Waals surface area contributed by atoms with E-state index in [0.717, 1.165) is 11.4 Å². The molecule has 138 valence electrons. The number of hydrogen-bond donors (Lipinski definition) is 1. The molecule has 1 aliphatic rings. The highest BCUT2D eigenvalue weighted by atomic mass is 16.2. The number of anilines is 1. The highest BCUT2D eigenvalue weighted by Gasteiger charge is 2.18. The molecule has 26 heavy (non-hydrogen) atoms. The Bertz CT molecular complexity index is 696. The second-order valence-corrected chi connectivity index (χ2v) is 6.93. The Kier molecular flexibility index (Phi) is 6.58. The van der Waals surface area contributed by atoms with E-state index in [1.54, 1.807) is 6.07 Å². The smallest absolute Gasteiger partial charge is 0.272 e. The molecule has 1 heterocycles. The lowest BCUT2D eigenvalue weighted by Gasteiger charge is -2.21. The number of nitrogens with one attached hydrogen (secondary N) is 1. The van der Waals surface area contributed by atoms with Crippen molar-refractivity contribution >= 4 is 11.7 Å². The molecule has 0 bridgehead atoms. The molecule has 0 saturated heterocycles. The van der Waals surface area contributed by atoms with Gasteiger partial charge >= 0.3 is 0 Å². The summed E-state index contributed by atoms with van der Waals surface area (Å²) in [5.74, 6) is 0.702. The Morgan fingerprint density at radius 1 is 1.12 bits per heavy atom. The average Bonchev–Trinajstić information content (AvgIpc) is 2.95. The highest BCUT2D eigenvalue weighted by molar-refractivity contribution is 5.92. The van der Waals surface area contributed by atoms with Crippen LogP contribution in [0.1, 0.15) is 61.5 Å². The predicted molar refractivity (Wildman–Crippen MR) is 104 cm³/mol. The lowest BCUT2D eigenvalue weighted by molar-refractivity contribution is 0.0746. The van der Waals surface area contributed by atoms with Gasteiger partial charge in [0, 0.05) is 25.2 Å². The molecule has 0 atom stereocenters. The summed E-state index contributed by atoms with van der Waals surface area (Å²) in [7, 11) is 0. The molecular formula is C21H28N4O. The zero-order valence-electron chi connectivity index (χ0n) is 15.5.